The Balaban J connectivity index is 1.85. The van der Waals surface area contributed by atoms with Crippen molar-refractivity contribution in [2.45, 2.75) is 42.0 Å². The summed E-state index contributed by atoms with van der Waals surface area (Å²) in [6.45, 7) is 0. The van der Waals surface area contributed by atoms with Crippen LogP contribution in [0, 0.1) is 0 Å². The molecule has 0 unspecified atom stereocenters. The van der Waals surface area contributed by atoms with E-state index < -0.39 is 0 Å². The topological polar surface area (TPSA) is 85.5 Å². The molecule has 2 heterocycles. The Kier molecular flexibility index (Phi) is 4.20. The molecule has 112 valence electrons. The van der Waals surface area contributed by atoms with Crippen LogP contribution >= 0.6 is 23.4 Å². The normalized spacial score (nSPS) is 15.6. The van der Waals surface area contributed by atoms with Crippen LogP contribution < -0.4 is 4.90 Å². The Labute approximate surface area is 131 Å². The van der Waals surface area contributed by atoms with Gasteiger partial charge in [-0.3, -0.25) is 0 Å². The zero-order valence-corrected chi connectivity index (χ0v) is 13.3. The lowest BCUT2D eigenvalue weighted by Gasteiger charge is -2.12. The van der Waals surface area contributed by atoms with E-state index in [2.05, 4.69) is 30.5 Å². The van der Waals surface area contributed by atoms with E-state index in [1.165, 1.54) is 24.6 Å². The van der Waals surface area contributed by atoms with E-state index >= 15 is 0 Å². The first-order valence-corrected chi connectivity index (χ1v) is 7.87. The molecule has 0 saturated heterocycles. The second kappa shape index (κ2) is 6.10. The van der Waals surface area contributed by atoms with Gasteiger partial charge < -0.3 is 4.90 Å². The van der Waals surface area contributed by atoms with Crippen LogP contribution in [-0.4, -0.2) is 49.3 Å². The van der Waals surface area contributed by atoms with Crippen molar-refractivity contribution in [1.82, 2.24) is 35.2 Å². The summed E-state index contributed by atoms with van der Waals surface area (Å²) in [4.78, 5) is 14.3. The highest BCUT2D eigenvalue weighted by Crippen LogP contribution is 2.33. The fraction of sp³-hybridized carbons (Fsp3) is 0.636. The molecule has 1 fully saturated rings. The number of aromatic nitrogens is 7. The maximum atomic E-state index is 5.94. The van der Waals surface area contributed by atoms with Gasteiger partial charge in [0.15, 0.2) is 0 Å². The molecule has 0 spiro atoms. The van der Waals surface area contributed by atoms with Gasteiger partial charge in [0, 0.05) is 14.1 Å². The molecule has 10 heteroatoms. The highest BCUT2D eigenvalue weighted by molar-refractivity contribution is 7.99. The molecule has 1 saturated carbocycles. The number of hydrogen-bond acceptors (Lipinski definition) is 8. The van der Waals surface area contributed by atoms with Crippen LogP contribution in [0.3, 0.4) is 0 Å². The monoisotopic (exact) mass is 326 g/mol. The molecule has 0 atom stereocenters. The van der Waals surface area contributed by atoms with Crippen LogP contribution in [0.5, 0.6) is 0 Å². The number of nitrogens with zero attached hydrogens (tertiary/aromatic N) is 8. The molecule has 0 radical (unpaired) electrons. The van der Waals surface area contributed by atoms with Gasteiger partial charge >= 0.3 is 0 Å². The fourth-order valence-corrected chi connectivity index (χ4v) is 3.26. The van der Waals surface area contributed by atoms with E-state index in [9.17, 15) is 0 Å². The van der Waals surface area contributed by atoms with E-state index in [-0.39, 0.29) is 5.28 Å². The van der Waals surface area contributed by atoms with Crippen molar-refractivity contribution < 1.29 is 0 Å². The van der Waals surface area contributed by atoms with Crippen LogP contribution in [0.1, 0.15) is 31.7 Å². The summed E-state index contributed by atoms with van der Waals surface area (Å²) in [5.74, 6) is 0.511. The van der Waals surface area contributed by atoms with Gasteiger partial charge in [-0.05, 0) is 46.6 Å². The molecule has 3 rings (SSSR count). The van der Waals surface area contributed by atoms with E-state index in [0.717, 1.165) is 12.8 Å². The molecule has 0 N–H and O–H groups in total. The Bertz CT molecular complexity index is 624. The van der Waals surface area contributed by atoms with Crippen molar-refractivity contribution in [1.29, 1.82) is 0 Å². The van der Waals surface area contributed by atoms with Gasteiger partial charge in [-0.2, -0.15) is 15.0 Å². The van der Waals surface area contributed by atoms with Crippen molar-refractivity contribution in [3.63, 3.8) is 0 Å². The maximum absolute atomic E-state index is 5.94. The van der Waals surface area contributed by atoms with Crippen LogP contribution in [0.4, 0.5) is 5.95 Å². The third-order valence-corrected chi connectivity index (χ3v) is 4.28. The Morgan fingerprint density at radius 1 is 1.19 bits per heavy atom. The van der Waals surface area contributed by atoms with E-state index in [1.807, 2.05) is 18.8 Å². The summed E-state index contributed by atoms with van der Waals surface area (Å²) < 4.78 is 1.87. The molecular formula is C11H15ClN8S. The van der Waals surface area contributed by atoms with Gasteiger partial charge in [0.05, 0.1) is 6.04 Å². The molecule has 2 aromatic heterocycles. The standard InChI is InChI=1S/C11H15ClN8S/c1-19(2)9-13-8(12)14-10(15-9)21-11-16-17-18-20(11)7-5-3-4-6-7/h7H,3-6H2,1-2H3. The van der Waals surface area contributed by atoms with Crippen molar-refractivity contribution in [2.24, 2.45) is 0 Å². The minimum Gasteiger partial charge on any atom is -0.347 e. The molecule has 1 aliphatic rings. The van der Waals surface area contributed by atoms with E-state index in [1.54, 1.807) is 4.90 Å². The summed E-state index contributed by atoms with van der Waals surface area (Å²) in [5.41, 5.74) is 0. The summed E-state index contributed by atoms with van der Waals surface area (Å²) in [7, 11) is 3.70. The minimum absolute atomic E-state index is 0.163. The largest absolute Gasteiger partial charge is 0.347 e. The Hall–Kier alpha value is -1.48. The highest BCUT2D eigenvalue weighted by Gasteiger charge is 2.22. The molecule has 1 aliphatic carbocycles. The van der Waals surface area contributed by atoms with Crippen LogP contribution in [0.15, 0.2) is 10.3 Å². The molecule has 8 nitrogen and oxygen atoms in total. The van der Waals surface area contributed by atoms with Crippen molar-refractivity contribution in [3.05, 3.63) is 5.28 Å². The van der Waals surface area contributed by atoms with Crippen molar-refractivity contribution in [3.8, 4) is 0 Å². The Morgan fingerprint density at radius 2 is 1.95 bits per heavy atom. The quantitative estimate of drug-likeness (QED) is 0.841. The smallest absolute Gasteiger partial charge is 0.230 e. The summed E-state index contributed by atoms with van der Waals surface area (Å²) in [5, 5.41) is 13.3. The summed E-state index contributed by atoms with van der Waals surface area (Å²) >= 11 is 7.25. The van der Waals surface area contributed by atoms with Gasteiger partial charge in [-0.15, -0.1) is 5.10 Å². The predicted molar refractivity (Wildman–Crippen MR) is 78.6 cm³/mol. The number of tetrazole rings is 1. The lowest BCUT2D eigenvalue weighted by Crippen LogP contribution is -2.14. The average molecular weight is 327 g/mol. The molecule has 0 aromatic carbocycles. The minimum atomic E-state index is 0.163. The number of hydrogen-bond donors (Lipinski definition) is 0. The number of anilines is 1. The van der Waals surface area contributed by atoms with Gasteiger partial charge in [0.25, 0.3) is 0 Å². The molecule has 0 amide bonds. The first kappa shape index (κ1) is 14.5. The highest BCUT2D eigenvalue weighted by atomic mass is 35.5. The molecule has 21 heavy (non-hydrogen) atoms. The summed E-state index contributed by atoms with van der Waals surface area (Å²) in [6, 6.07) is 0.369. The zero-order chi connectivity index (χ0) is 14.8. The zero-order valence-electron chi connectivity index (χ0n) is 11.8. The van der Waals surface area contributed by atoms with Crippen molar-refractivity contribution in [2.75, 3.05) is 19.0 Å². The lowest BCUT2D eigenvalue weighted by atomic mass is 10.3. The van der Waals surface area contributed by atoms with Crippen molar-refractivity contribution >= 4 is 29.3 Å². The van der Waals surface area contributed by atoms with Crippen LogP contribution in [0.25, 0.3) is 0 Å². The Morgan fingerprint density at radius 3 is 2.67 bits per heavy atom. The average Bonchev–Trinajstić information content (AvgIpc) is 3.08. The fourth-order valence-electron chi connectivity index (χ4n) is 2.28. The van der Waals surface area contributed by atoms with E-state index in [4.69, 9.17) is 11.6 Å². The SMILES string of the molecule is CN(C)c1nc(Cl)nc(Sc2nnnn2C2CCCC2)n1. The van der Waals surface area contributed by atoms with Gasteiger partial charge in [0.1, 0.15) is 0 Å². The predicted octanol–water partition coefficient (Wildman–Crippen LogP) is 1.84. The number of halogens is 1. The summed E-state index contributed by atoms with van der Waals surface area (Å²) in [6.07, 6.45) is 4.66. The number of rotatable bonds is 4. The molecule has 0 aliphatic heterocycles. The van der Waals surface area contributed by atoms with Crippen LogP contribution in [0.2, 0.25) is 5.28 Å². The second-order valence-corrected chi connectivity index (χ2v) is 6.30. The third-order valence-electron chi connectivity index (χ3n) is 3.29. The lowest BCUT2D eigenvalue weighted by molar-refractivity contribution is 0.423. The first-order valence-electron chi connectivity index (χ1n) is 6.68. The molecule has 0 bridgehead atoms. The maximum Gasteiger partial charge on any atom is 0.230 e. The first-order chi connectivity index (χ1) is 10.1. The van der Waals surface area contributed by atoms with Gasteiger partial charge in [-0.25, -0.2) is 4.68 Å². The third kappa shape index (κ3) is 3.24. The second-order valence-electron chi connectivity index (χ2n) is 5.03. The van der Waals surface area contributed by atoms with Gasteiger partial charge in [0.2, 0.25) is 21.5 Å². The molecule has 2 aromatic rings. The van der Waals surface area contributed by atoms with Crippen LogP contribution in [-0.2, 0) is 0 Å². The van der Waals surface area contributed by atoms with E-state index in [0.29, 0.717) is 22.3 Å². The van der Waals surface area contributed by atoms with Gasteiger partial charge in [-0.1, -0.05) is 12.8 Å². The molecular weight excluding hydrogens is 312 g/mol.